The van der Waals surface area contributed by atoms with E-state index in [1.165, 1.54) is 0 Å². The highest BCUT2D eigenvalue weighted by atomic mass is 16.6. The predicted molar refractivity (Wildman–Crippen MR) is 162 cm³/mol. The summed E-state index contributed by atoms with van der Waals surface area (Å²) in [6.07, 6.45) is 1.20. The van der Waals surface area contributed by atoms with Crippen LogP contribution in [0.1, 0.15) is 35.1 Å². The molecule has 0 radical (unpaired) electrons. The van der Waals surface area contributed by atoms with Crippen LogP contribution in [0.2, 0.25) is 0 Å². The zero-order chi connectivity index (χ0) is 29.0. The second kappa shape index (κ2) is 14.6. The molecule has 42 heavy (non-hydrogen) atoms. The first kappa shape index (κ1) is 28.5. The fourth-order valence-corrected chi connectivity index (χ4v) is 4.43. The van der Waals surface area contributed by atoms with E-state index in [0.717, 1.165) is 22.3 Å². The predicted octanol–water partition coefficient (Wildman–Crippen LogP) is 6.49. The molecular weight excluding hydrogens is 532 g/mol. The van der Waals surface area contributed by atoms with Gasteiger partial charge in [-0.05, 0) is 24.3 Å². The average molecular weight is 567 g/mol. The Kier molecular flexibility index (Phi) is 9.92. The maximum absolute atomic E-state index is 6.24. The van der Waals surface area contributed by atoms with Crippen LogP contribution in [0.3, 0.4) is 0 Å². The highest BCUT2D eigenvalue weighted by Crippen LogP contribution is 2.30. The number of oxime groups is 2. The van der Waals surface area contributed by atoms with Gasteiger partial charge in [-0.3, -0.25) is 0 Å². The van der Waals surface area contributed by atoms with Crippen molar-refractivity contribution in [3.8, 4) is 23.0 Å². The standard InChI is InChI=1S/C34H34N2O6/c1-37-27-15-17-29-31(23-27)39-19-9-21-42-36-34(26-13-7-4-8-14-26)30-18-16-28(38-2)24-32(30)40-20-10-22-41-35-33(29)25-11-5-3-6-12-25/h3-8,11-18,23-24H,9-10,19-22H2,1-2H3/b35-33+,36-34+. The van der Waals surface area contributed by atoms with Crippen molar-refractivity contribution in [3.63, 3.8) is 0 Å². The minimum atomic E-state index is 0.352. The summed E-state index contributed by atoms with van der Waals surface area (Å²) in [5, 5.41) is 9.11. The number of methoxy groups -OCH3 is 2. The van der Waals surface area contributed by atoms with E-state index in [2.05, 4.69) is 10.3 Å². The van der Waals surface area contributed by atoms with Crippen molar-refractivity contribution >= 4 is 11.4 Å². The topological polar surface area (TPSA) is 80.1 Å². The van der Waals surface area contributed by atoms with Crippen LogP contribution in [0.4, 0.5) is 0 Å². The van der Waals surface area contributed by atoms with Crippen LogP contribution in [0.5, 0.6) is 23.0 Å². The van der Waals surface area contributed by atoms with Gasteiger partial charge in [0.2, 0.25) is 0 Å². The molecule has 0 aliphatic carbocycles. The molecule has 4 aromatic carbocycles. The van der Waals surface area contributed by atoms with Crippen molar-refractivity contribution in [1.29, 1.82) is 0 Å². The highest BCUT2D eigenvalue weighted by molar-refractivity contribution is 6.15. The molecule has 0 bridgehead atoms. The molecule has 216 valence electrons. The summed E-state index contributed by atoms with van der Waals surface area (Å²) in [5.41, 5.74) is 4.74. The third-order valence-corrected chi connectivity index (χ3v) is 6.57. The third kappa shape index (κ3) is 7.20. The fourth-order valence-electron chi connectivity index (χ4n) is 4.43. The van der Waals surface area contributed by atoms with Gasteiger partial charge in [-0.15, -0.1) is 0 Å². The van der Waals surface area contributed by atoms with E-state index in [0.29, 0.717) is 73.7 Å². The Bertz CT molecular complexity index is 1390. The van der Waals surface area contributed by atoms with Crippen LogP contribution in [0, 0.1) is 0 Å². The highest BCUT2D eigenvalue weighted by Gasteiger charge is 2.17. The van der Waals surface area contributed by atoms with Crippen molar-refractivity contribution in [1.82, 2.24) is 0 Å². The first-order chi connectivity index (χ1) is 20.8. The van der Waals surface area contributed by atoms with Crippen molar-refractivity contribution in [3.05, 3.63) is 119 Å². The van der Waals surface area contributed by atoms with Gasteiger partial charge in [0, 0.05) is 47.2 Å². The van der Waals surface area contributed by atoms with Crippen LogP contribution in [0.15, 0.2) is 107 Å². The average Bonchev–Trinajstić information content (AvgIpc) is 3.05. The van der Waals surface area contributed by atoms with E-state index < -0.39 is 0 Å². The van der Waals surface area contributed by atoms with Gasteiger partial charge in [0.1, 0.15) is 47.6 Å². The molecule has 0 unspecified atom stereocenters. The zero-order valence-corrected chi connectivity index (χ0v) is 23.8. The second-order valence-corrected chi connectivity index (χ2v) is 9.41. The van der Waals surface area contributed by atoms with Crippen LogP contribution in [-0.2, 0) is 9.68 Å². The zero-order valence-electron chi connectivity index (χ0n) is 23.8. The van der Waals surface area contributed by atoms with Crippen LogP contribution < -0.4 is 18.9 Å². The van der Waals surface area contributed by atoms with Gasteiger partial charge < -0.3 is 28.6 Å². The molecule has 1 aliphatic rings. The Morgan fingerprint density at radius 2 is 0.952 bits per heavy atom. The molecule has 0 spiro atoms. The molecule has 8 nitrogen and oxygen atoms in total. The molecule has 5 rings (SSSR count). The Morgan fingerprint density at radius 3 is 1.36 bits per heavy atom. The minimum absolute atomic E-state index is 0.352. The molecule has 4 aromatic rings. The van der Waals surface area contributed by atoms with Crippen molar-refractivity contribution < 1.29 is 28.6 Å². The fraction of sp³-hybridized carbons (Fsp3) is 0.235. The van der Waals surface area contributed by atoms with Gasteiger partial charge >= 0.3 is 0 Å². The Balaban J connectivity index is 1.46. The molecule has 8 heteroatoms. The van der Waals surface area contributed by atoms with Crippen LogP contribution in [-0.4, -0.2) is 52.1 Å². The lowest BCUT2D eigenvalue weighted by atomic mass is 10.0. The van der Waals surface area contributed by atoms with E-state index in [9.17, 15) is 0 Å². The summed E-state index contributed by atoms with van der Waals surface area (Å²) < 4.78 is 23.4. The molecule has 0 fully saturated rings. The number of rotatable bonds is 4. The summed E-state index contributed by atoms with van der Waals surface area (Å²) in [7, 11) is 3.26. The largest absolute Gasteiger partial charge is 0.497 e. The van der Waals surface area contributed by atoms with E-state index >= 15 is 0 Å². The summed E-state index contributed by atoms with van der Waals surface area (Å²) in [6, 6.07) is 31.1. The molecule has 0 N–H and O–H groups in total. The minimum Gasteiger partial charge on any atom is -0.497 e. The van der Waals surface area contributed by atoms with E-state index in [-0.39, 0.29) is 0 Å². The Morgan fingerprint density at radius 1 is 0.524 bits per heavy atom. The molecule has 0 saturated heterocycles. The first-order valence-electron chi connectivity index (χ1n) is 13.9. The van der Waals surface area contributed by atoms with E-state index in [1.54, 1.807) is 14.2 Å². The van der Waals surface area contributed by atoms with Gasteiger partial charge in [0.25, 0.3) is 0 Å². The molecule has 1 aliphatic heterocycles. The number of hydrogen-bond donors (Lipinski definition) is 0. The van der Waals surface area contributed by atoms with Gasteiger partial charge in [-0.2, -0.15) is 0 Å². The monoisotopic (exact) mass is 566 g/mol. The van der Waals surface area contributed by atoms with Gasteiger partial charge in [-0.25, -0.2) is 0 Å². The van der Waals surface area contributed by atoms with Gasteiger partial charge in [0.15, 0.2) is 0 Å². The SMILES string of the molecule is COc1ccc2c(c1)OCCCO/N=C(\c1ccccc1)c1ccc(OC)cc1OCCCO/N=C/2c1ccccc1. The Hall–Kier alpha value is -4.98. The van der Waals surface area contributed by atoms with Crippen LogP contribution >= 0.6 is 0 Å². The lowest BCUT2D eigenvalue weighted by molar-refractivity contribution is 0.125. The summed E-state index contributed by atoms with van der Waals surface area (Å²) >= 11 is 0. The lowest BCUT2D eigenvalue weighted by Crippen LogP contribution is -2.12. The van der Waals surface area contributed by atoms with Crippen molar-refractivity contribution in [2.24, 2.45) is 10.3 Å². The number of hydrogen-bond acceptors (Lipinski definition) is 8. The maximum Gasteiger partial charge on any atom is 0.132 e. The second-order valence-electron chi connectivity index (χ2n) is 9.41. The Labute approximate surface area is 246 Å². The van der Waals surface area contributed by atoms with E-state index in [4.69, 9.17) is 28.6 Å². The van der Waals surface area contributed by atoms with Gasteiger partial charge in [-0.1, -0.05) is 71.0 Å². The summed E-state index contributed by atoms with van der Waals surface area (Å²) in [6.45, 7) is 1.50. The number of benzene rings is 4. The van der Waals surface area contributed by atoms with Crippen molar-refractivity contribution in [2.75, 3.05) is 40.6 Å². The molecule has 0 atom stereocenters. The summed E-state index contributed by atoms with van der Waals surface area (Å²) in [5.74, 6) is 2.65. The van der Waals surface area contributed by atoms with Crippen LogP contribution in [0.25, 0.3) is 0 Å². The normalized spacial score (nSPS) is 16.9. The van der Waals surface area contributed by atoms with Gasteiger partial charge in [0.05, 0.1) is 27.4 Å². The quantitative estimate of drug-likeness (QED) is 0.281. The smallest absolute Gasteiger partial charge is 0.132 e. The molecule has 0 aromatic heterocycles. The molecule has 0 amide bonds. The maximum atomic E-state index is 6.24. The number of nitrogens with zero attached hydrogens (tertiary/aromatic N) is 2. The third-order valence-electron chi connectivity index (χ3n) is 6.57. The number of ether oxygens (including phenoxy) is 4. The molecule has 0 saturated carbocycles. The first-order valence-corrected chi connectivity index (χ1v) is 13.9. The van der Waals surface area contributed by atoms with Crippen molar-refractivity contribution in [2.45, 2.75) is 12.8 Å². The lowest BCUT2D eigenvalue weighted by Gasteiger charge is -2.16. The molecule has 1 heterocycles. The molecular formula is C34H34N2O6. The summed E-state index contributed by atoms with van der Waals surface area (Å²) in [4.78, 5) is 11.7. The number of fused-ring (bicyclic) bond motifs is 2. The van der Waals surface area contributed by atoms with E-state index in [1.807, 2.05) is 97.1 Å².